The summed E-state index contributed by atoms with van der Waals surface area (Å²) in [5.41, 5.74) is 1.07. The number of carbonyl (C=O) groups is 1. The maximum Gasteiger partial charge on any atom is 0.258 e. The van der Waals surface area contributed by atoms with Crippen LogP contribution in [-0.4, -0.2) is 25.2 Å². The average molecular weight is 334 g/mol. The molecule has 23 heavy (non-hydrogen) atoms. The summed E-state index contributed by atoms with van der Waals surface area (Å²) >= 11 is 5.79. The van der Waals surface area contributed by atoms with Gasteiger partial charge in [0.25, 0.3) is 5.91 Å². The SMILES string of the molecule is Cc1ccccc1OC[C@@H](C)NC(=O)COc1ccc(Cl)cc1. The lowest BCUT2D eigenvalue weighted by Gasteiger charge is -2.16. The Hall–Kier alpha value is -2.20. The molecule has 0 saturated carbocycles. The van der Waals surface area contributed by atoms with E-state index in [4.69, 9.17) is 21.1 Å². The number of nitrogens with one attached hydrogen (secondary N) is 1. The second kappa shape index (κ2) is 8.44. The van der Waals surface area contributed by atoms with Gasteiger partial charge in [-0.15, -0.1) is 0 Å². The molecule has 1 amide bonds. The molecule has 0 bridgehead atoms. The molecule has 0 unspecified atom stereocenters. The maximum absolute atomic E-state index is 11.9. The Morgan fingerprint density at radius 3 is 2.52 bits per heavy atom. The van der Waals surface area contributed by atoms with E-state index >= 15 is 0 Å². The fourth-order valence-electron chi connectivity index (χ4n) is 1.97. The minimum atomic E-state index is -0.194. The van der Waals surface area contributed by atoms with Gasteiger partial charge in [0.1, 0.15) is 18.1 Å². The molecular formula is C18H20ClNO3. The van der Waals surface area contributed by atoms with E-state index in [-0.39, 0.29) is 18.6 Å². The van der Waals surface area contributed by atoms with Crippen LogP contribution >= 0.6 is 11.6 Å². The highest BCUT2D eigenvalue weighted by molar-refractivity contribution is 6.30. The number of hydrogen-bond acceptors (Lipinski definition) is 3. The number of aryl methyl sites for hydroxylation is 1. The number of benzene rings is 2. The standard InChI is InChI=1S/C18H20ClNO3/c1-13-5-3-4-6-17(13)23-11-14(2)20-18(21)12-22-16-9-7-15(19)8-10-16/h3-10,14H,11-12H2,1-2H3,(H,20,21)/t14-/m1/s1. The highest BCUT2D eigenvalue weighted by Gasteiger charge is 2.09. The molecule has 1 atom stereocenters. The van der Waals surface area contributed by atoms with Crippen molar-refractivity contribution in [2.24, 2.45) is 0 Å². The van der Waals surface area contributed by atoms with Crippen LogP contribution in [0, 0.1) is 6.92 Å². The first-order valence-corrected chi connectivity index (χ1v) is 7.78. The van der Waals surface area contributed by atoms with Crippen molar-refractivity contribution in [3.05, 3.63) is 59.1 Å². The van der Waals surface area contributed by atoms with E-state index in [9.17, 15) is 4.79 Å². The fourth-order valence-corrected chi connectivity index (χ4v) is 2.10. The molecule has 1 N–H and O–H groups in total. The van der Waals surface area contributed by atoms with Gasteiger partial charge in [0.05, 0.1) is 6.04 Å². The van der Waals surface area contributed by atoms with Gasteiger partial charge in [-0.1, -0.05) is 29.8 Å². The normalized spacial score (nSPS) is 11.6. The van der Waals surface area contributed by atoms with Gasteiger partial charge in [-0.3, -0.25) is 4.79 Å². The second-order valence-corrected chi connectivity index (χ2v) is 5.72. The zero-order chi connectivity index (χ0) is 16.7. The van der Waals surface area contributed by atoms with E-state index < -0.39 is 0 Å². The van der Waals surface area contributed by atoms with Gasteiger partial charge in [0.15, 0.2) is 6.61 Å². The van der Waals surface area contributed by atoms with Crippen LogP contribution in [0.1, 0.15) is 12.5 Å². The van der Waals surface area contributed by atoms with Crippen molar-refractivity contribution in [1.29, 1.82) is 0 Å². The highest BCUT2D eigenvalue weighted by atomic mass is 35.5. The van der Waals surface area contributed by atoms with Gasteiger partial charge >= 0.3 is 0 Å². The van der Waals surface area contributed by atoms with Crippen molar-refractivity contribution in [3.63, 3.8) is 0 Å². The van der Waals surface area contributed by atoms with Crippen molar-refractivity contribution < 1.29 is 14.3 Å². The topological polar surface area (TPSA) is 47.6 Å². The molecule has 0 aliphatic rings. The van der Waals surface area contributed by atoms with Crippen molar-refractivity contribution in [3.8, 4) is 11.5 Å². The number of halogens is 1. The third-order valence-corrected chi connectivity index (χ3v) is 3.43. The molecule has 0 saturated heterocycles. The quantitative estimate of drug-likeness (QED) is 0.842. The lowest BCUT2D eigenvalue weighted by Crippen LogP contribution is -2.39. The summed E-state index contributed by atoms with van der Waals surface area (Å²) in [6.45, 7) is 4.23. The summed E-state index contributed by atoms with van der Waals surface area (Å²) in [4.78, 5) is 11.9. The molecule has 0 aliphatic carbocycles. The third kappa shape index (κ3) is 5.83. The van der Waals surface area contributed by atoms with Crippen molar-refractivity contribution in [2.45, 2.75) is 19.9 Å². The fraction of sp³-hybridized carbons (Fsp3) is 0.278. The van der Waals surface area contributed by atoms with Crippen molar-refractivity contribution in [1.82, 2.24) is 5.32 Å². The Morgan fingerprint density at radius 2 is 1.83 bits per heavy atom. The van der Waals surface area contributed by atoms with Gasteiger partial charge < -0.3 is 14.8 Å². The molecule has 0 aromatic heterocycles. The molecule has 0 aliphatic heterocycles. The van der Waals surface area contributed by atoms with Gasteiger partial charge in [-0.25, -0.2) is 0 Å². The summed E-state index contributed by atoms with van der Waals surface area (Å²) in [5.74, 6) is 1.24. The largest absolute Gasteiger partial charge is 0.491 e. The third-order valence-electron chi connectivity index (χ3n) is 3.17. The van der Waals surface area contributed by atoms with Crippen LogP contribution in [-0.2, 0) is 4.79 Å². The number of rotatable bonds is 7. The van der Waals surface area contributed by atoms with Gasteiger partial charge in [0.2, 0.25) is 0 Å². The molecule has 2 aromatic carbocycles. The predicted molar refractivity (Wildman–Crippen MR) is 91.2 cm³/mol. The van der Waals surface area contributed by atoms with Crippen LogP contribution in [0.3, 0.4) is 0 Å². The van der Waals surface area contributed by atoms with Gasteiger partial charge in [0, 0.05) is 5.02 Å². The van der Waals surface area contributed by atoms with E-state index in [1.165, 1.54) is 0 Å². The summed E-state index contributed by atoms with van der Waals surface area (Å²) in [7, 11) is 0. The summed E-state index contributed by atoms with van der Waals surface area (Å²) in [6, 6.07) is 14.5. The van der Waals surface area contributed by atoms with Gasteiger partial charge in [-0.2, -0.15) is 0 Å². The summed E-state index contributed by atoms with van der Waals surface area (Å²) in [5, 5.41) is 3.46. The molecule has 0 fully saturated rings. The van der Waals surface area contributed by atoms with E-state index in [0.717, 1.165) is 11.3 Å². The Balaban J connectivity index is 1.72. The monoisotopic (exact) mass is 333 g/mol. The Morgan fingerprint density at radius 1 is 1.13 bits per heavy atom. The molecular weight excluding hydrogens is 314 g/mol. The summed E-state index contributed by atoms with van der Waals surface area (Å²) < 4.78 is 11.1. The van der Waals surface area contributed by atoms with Crippen LogP contribution in [0.25, 0.3) is 0 Å². The zero-order valence-corrected chi connectivity index (χ0v) is 14.0. The number of carbonyl (C=O) groups excluding carboxylic acids is 1. The maximum atomic E-state index is 11.9. The van der Waals surface area contributed by atoms with Gasteiger partial charge in [-0.05, 0) is 49.7 Å². The molecule has 0 radical (unpaired) electrons. The zero-order valence-electron chi connectivity index (χ0n) is 13.2. The Bertz CT molecular complexity index is 643. The van der Waals surface area contributed by atoms with Crippen LogP contribution < -0.4 is 14.8 Å². The van der Waals surface area contributed by atoms with E-state index in [2.05, 4.69) is 5.32 Å². The molecule has 5 heteroatoms. The minimum absolute atomic E-state index is 0.0453. The van der Waals surface area contributed by atoms with E-state index in [1.807, 2.05) is 38.1 Å². The minimum Gasteiger partial charge on any atom is -0.491 e. The smallest absolute Gasteiger partial charge is 0.258 e. The van der Waals surface area contributed by atoms with Crippen LogP contribution in [0.2, 0.25) is 5.02 Å². The second-order valence-electron chi connectivity index (χ2n) is 5.29. The Kier molecular flexibility index (Phi) is 6.29. The lowest BCUT2D eigenvalue weighted by molar-refractivity contribution is -0.123. The lowest BCUT2D eigenvalue weighted by atomic mass is 10.2. The van der Waals surface area contributed by atoms with E-state index in [0.29, 0.717) is 17.4 Å². The van der Waals surface area contributed by atoms with Crippen LogP contribution in [0.5, 0.6) is 11.5 Å². The first-order valence-electron chi connectivity index (χ1n) is 7.41. The average Bonchev–Trinajstić information content (AvgIpc) is 2.53. The number of amides is 1. The molecule has 122 valence electrons. The number of para-hydroxylation sites is 1. The molecule has 4 nitrogen and oxygen atoms in total. The number of ether oxygens (including phenoxy) is 2. The van der Waals surface area contributed by atoms with E-state index in [1.54, 1.807) is 24.3 Å². The first-order chi connectivity index (χ1) is 11.0. The van der Waals surface area contributed by atoms with Crippen LogP contribution in [0.4, 0.5) is 0 Å². The molecule has 0 spiro atoms. The Labute approximate surface area is 141 Å². The molecule has 2 rings (SSSR count). The number of hydrogen-bond donors (Lipinski definition) is 1. The predicted octanol–water partition coefficient (Wildman–Crippen LogP) is 3.61. The van der Waals surface area contributed by atoms with Crippen LogP contribution in [0.15, 0.2) is 48.5 Å². The van der Waals surface area contributed by atoms with Crippen molar-refractivity contribution in [2.75, 3.05) is 13.2 Å². The molecule has 0 heterocycles. The van der Waals surface area contributed by atoms with Crippen molar-refractivity contribution >= 4 is 17.5 Å². The summed E-state index contributed by atoms with van der Waals surface area (Å²) in [6.07, 6.45) is 0. The first kappa shape index (κ1) is 17.2. The highest BCUT2D eigenvalue weighted by Crippen LogP contribution is 2.16. The molecule has 2 aromatic rings.